The summed E-state index contributed by atoms with van der Waals surface area (Å²) in [7, 11) is 0. The standard InChI is InChI=1S/C14H18N2O2/c1-9(2)12-14(18)15-11(13(17)16-12)8-10-6-4-3-5-7-10/h3-7,9,11-12H,8H2,1-2H3,(H,15,18)(H,16,17)/t11-,12-/m0/s1. The van der Waals surface area contributed by atoms with Gasteiger partial charge in [-0.25, -0.2) is 0 Å². The lowest BCUT2D eigenvalue weighted by Crippen LogP contribution is -2.63. The monoisotopic (exact) mass is 246 g/mol. The fraction of sp³-hybridized carbons (Fsp3) is 0.429. The van der Waals surface area contributed by atoms with Crippen LogP contribution >= 0.6 is 0 Å². The lowest BCUT2D eigenvalue weighted by atomic mass is 9.97. The van der Waals surface area contributed by atoms with Crippen molar-refractivity contribution in [2.45, 2.75) is 32.4 Å². The van der Waals surface area contributed by atoms with E-state index in [0.717, 1.165) is 5.56 Å². The maximum Gasteiger partial charge on any atom is 0.243 e. The Hall–Kier alpha value is -1.84. The average Bonchev–Trinajstić information content (AvgIpc) is 2.34. The first kappa shape index (κ1) is 12.6. The second-order valence-electron chi connectivity index (χ2n) is 4.98. The molecule has 18 heavy (non-hydrogen) atoms. The zero-order valence-electron chi connectivity index (χ0n) is 10.6. The molecule has 4 nitrogen and oxygen atoms in total. The van der Waals surface area contributed by atoms with Gasteiger partial charge in [-0.3, -0.25) is 9.59 Å². The highest BCUT2D eigenvalue weighted by Gasteiger charge is 2.34. The van der Waals surface area contributed by atoms with Gasteiger partial charge in [0.25, 0.3) is 0 Å². The molecule has 1 heterocycles. The molecule has 1 fully saturated rings. The predicted octanol–water partition coefficient (Wildman–Crippen LogP) is 0.868. The van der Waals surface area contributed by atoms with Gasteiger partial charge in [-0.2, -0.15) is 0 Å². The van der Waals surface area contributed by atoms with Gasteiger partial charge < -0.3 is 10.6 Å². The van der Waals surface area contributed by atoms with E-state index in [4.69, 9.17) is 0 Å². The van der Waals surface area contributed by atoms with Gasteiger partial charge in [-0.1, -0.05) is 44.2 Å². The topological polar surface area (TPSA) is 58.2 Å². The molecule has 1 aromatic rings. The molecular formula is C14H18N2O2. The Morgan fingerprint density at radius 1 is 1.06 bits per heavy atom. The van der Waals surface area contributed by atoms with Gasteiger partial charge in [0, 0.05) is 6.42 Å². The molecule has 0 unspecified atom stereocenters. The van der Waals surface area contributed by atoms with Crippen molar-refractivity contribution in [1.82, 2.24) is 10.6 Å². The van der Waals surface area contributed by atoms with E-state index in [1.807, 2.05) is 44.2 Å². The molecule has 2 amide bonds. The molecule has 4 heteroatoms. The zero-order valence-corrected chi connectivity index (χ0v) is 10.6. The molecule has 0 saturated carbocycles. The molecule has 0 spiro atoms. The van der Waals surface area contributed by atoms with Gasteiger partial charge in [0.2, 0.25) is 11.8 Å². The first-order chi connectivity index (χ1) is 8.58. The van der Waals surface area contributed by atoms with Crippen LogP contribution in [0.3, 0.4) is 0 Å². The minimum absolute atomic E-state index is 0.0921. The van der Waals surface area contributed by atoms with Crippen LogP contribution in [0.4, 0.5) is 0 Å². The molecule has 0 bridgehead atoms. The minimum Gasteiger partial charge on any atom is -0.342 e. The summed E-state index contributed by atoms with van der Waals surface area (Å²) in [5, 5.41) is 5.58. The van der Waals surface area contributed by atoms with Crippen molar-refractivity contribution < 1.29 is 9.59 Å². The number of piperazine rings is 1. The van der Waals surface area contributed by atoms with E-state index < -0.39 is 12.1 Å². The molecular weight excluding hydrogens is 228 g/mol. The van der Waals surface area contributed by atoms with E-state index in [1.54, 1.807) is 0 Å². The smallest absolute Gasteiger partial charge is 0.243 e. The van der Waals surface area contributed by atoms with E-state index in [-0.39, 0.29) is 17.7 Å². The van der Waals surface area contributed by atoms with Crippen LogP contribution in [0.5, 0.6) is 0 Å². The van der Waals surface area contributed by atoms with Gasteiger partial charge in [0.15, 0.2) is 0 Å². The van der Waals surface area contributed by atoms with Crippen molar-refractivity contribution in [3.63, 3.8) is 0 Å². The Kier molecular flexibility index (Phi) is 3.65. The lowest BCUT2D eigenvalue weighted by Gasteiger charge is -2.31. The number of amides is 2. The predicted molar refractivity (Wildman–Crippen MR) is 68.8 cm³/mol. The highest BCUT2D eigenvalue weighted by Crippen LogP contribution is 2.10. The first-order valence-corrected chi connectivity index (χ1v) is 6.22. The highest BCUT2D eigenvalue weighted by molar-refractivity contribution is 5.97. The molecule has 2 rings (SSSR count). The number of carbonyl (C=O) groups excluding carboxylic acids is 2. The Morgan fingerprint density at radius 2 is 1.72 bits per heavy atom. The van der Waals surface area contributed by atoms with Gasteiger partial charge >= 0.3 is 0 Å². The van der Waals surface area contributed by atoms with E-state index in [1.165, 1.54) is 0 Å². The van der Waals surface area contributed by atoms with Crippen LogP contribution in [0.2, 0.25) is 0 Å². The van der Waals surface area contributed by atoms with Crippen LogP contribution in [0, 0.1) is 5.92 Å². The van der Waals surface area contributed by atoms with Crippen LogP contribution in [0.15, 0.2) is 30.3 Å². The second kappa shape index (κ2) is 5.21. The summed E-state index contributed by atoms with van der Waals surface area (Å²) >= 11 is 0. The molecule has 96 valence electrons. The van der Waals surface area contributed by atoms with Gasteiger partial charge in [0.1, 0.15) is 12.1 Å². The number of rotatable bonds is 3. The summed E-state index contributed by atoms with van der Waals surface area (Å²) in [5.41, 5.74) is 1.04. The largest absolute Gasteiger partial charge is 0.342 e. The third kappa shape index (κ3) is 2.70. The third-order valence-corrected chi connectivity index (χ3v) is 3.16. The van der Waals surface area contributed by atoms with E-state index >= 15 is 0 Å². The number of nitrogens with one attached hydrogen (secondary N) is 2. The van der Waals surface area contributed by atoms with Crippen molar-refractivity contribution in [2.24, 2.45) is 5.92 Å². The van der Waals surface area contributed by atoms with Crippen LogP contribution in [-0.2, 0) is 16.0 Å². The first-order valence-electron chi connectivity index (χ1n) is 6.22. The molecule has 2 atom stereocenters. The normalized spacial score (nSPS) is 23.7. The molecule has 1 aliphatic rings. The second-order valence-corrected chi connectivity index (χ2v) is 4.98. The Morgan fingerprint density at radius 3 is 2.33 bits per heavy atom. The van der Waals surface area contributed by atoms with E-state index in [2.05, 4.69) is 10.6 Å². The van der Waals surface area contributed by atoms with Crippen LogP contribution < -0.4 is 10.6 Å². The number of hydrogen-bond donors (Lipinski definition) is 2. The maximum atomic E-state index is 11.9. The number of carbonyl (C=O) groups is 2. The summed E-state index contributed by atoms with van der Waals surface area (Å²) in [6.07, 6.45) is 0.531. The van der Waals surface area contributed by atoms with Gasteiger partial charge in [-0.15, -0.1) is 0 Å². The molecule has 0 aromatic heterocycles. The summed E-state index contributed by atoms with van der Waals surface area (Å²) in [6.45, 7) is 3.84. The van der Waals surface area contributed by atoms with Crippen molar-refractivity contribution in [3.8, 4) is 0 Å². The Balaban J connectivity index is 2.04. The summed E-state index contributed by atoms with van der Waals surface area (Å²) in [6, 6.07) is 8.81. The number of hydrogen-bond acceptors (Lipinski definition) is 2. The fourth-order valence-corrected chi connectivity index (χ4v) is 2.11. The van der Waals surface area contributed by atoms with E-state index in [9.17, 15) is 9.59 Å². The third-order valence-electron chi connectivity index (χ3n) is 3.16. The number of benzene rings is 1. The molecule has 0 radical (unpaired) electrons. The minimum atomic E-state index is -0.463. The molecule has 0 aliphatic carbocycles. The van der Waals surface area contributed by atoms with Crippen LogP contribution in [0.25, 0.3) is 0 Å². The lowest BCUT2D eigenvalue weighted by molar-refractivity contribution is -0.137. The fourth-order valence-electron chi connectivity index (χ4n) is 2.11. The van der Waals surface area contributed by atoms with Crippen molar-refractivity contribution in [3.05, 3.63) is 35.9 Å². The van der Waals surface area contributed by atoms with Crippen LogP contribution in [-0.4, -0.2) is 23.9 Å². The average molecular weight is 246 g/mol. The van der Waals surface area contributed by atoms with Crippen molar-refractivity contribution >= 4 is 11.8 Å². The summed E-state index contributed by atoms with van der Waals surface area (Å²) < 4.78 is 0. The highest BCUT2D eigenvalue weighted by atomic mass is 16.2. The molecule has 1 saturated heterocycles. The maximum absolute atomic E-state index is 11.9. The molecule has 2 N–H and O–H groups in total. The van der Waals surface area contributed by atoms with E-state index in [0.29, 0.717) is 6.42 Å². The van der Waals surface area contributed by atoms with Crippen LogP contribution in [0.1, 0.15) is 19.4 Å². The molecule has 1 aromatic carbocycles. The van der Waals surface area contributed by atoms with Crippen molar-refractivity contribution in [2.75, 3.05) is 0 Å². The Labute approximate surface area is 107 Å². The van der Waals surface area contributed by atoms with Gasteiger partial charge in [-0.05, 0) is 11.5 Å². The van der Waals surface area contributed by atoms with Gasteiger partial charge in [0.05, 0.1) is 0 Å². The zero-order chi connectivity index (χ0) is 13.1. The summed E-state index contributed by atoms with van der Waals surface area (Å²) in [4.78, 5) is 23.8. The molecule has 1 aliphatic heterocycles. The SMILES string of the molecule is CC(C)[C@@H]1NC(=O)[C@H](Cc2ccccc2)NC1=O. The summed E-state index contributed by atoms with van der Waals surface area (Å²) in [5.74, 6) is -0.0886. The quantitative estimate of drug-likeness (QED) is 0.831. The Bertz CT molecular complexity index is 442. The van der Waals surface area contributed by atoms with Crippen molar-refractivity contribution in [1.29, 1.82) is 0 Å².